The average molecular weight is 309 g/mol. The molecule has 0 aliphatic rings. The van der Waals surface area contributed by atoms with Gasteiger partial charge in [0.05, 0.1) is 10.0 Å². The van der Waals surface area contributed by atoms with Gasteiger partial charge in [0.2, 0.25) is 0 Å². The summed E-state index contributed by atoms with van der Waals surface area (Å²) in [5.74, 6) is 0. The van der Waals surface area contributed by atoms with E-state index in [1.165, 1.54) is 5.56 Å². The molecule has 0 saturated carbocycles. The number of rotatable bonds is 6. The van der Waals surface area contributed by atoms with E-state index in [1.807, 2.05) is 37.5 Å². The summed E-state index contributed by atoms with van der Waals surface area (Å²) in [7, 11) is 1.98. The Morgan fingerprint density at radius 2 is 2.05 bits per heavy atom. The molecular weight excluding hydrogens is 291 g/mol. The number of hydrogen-bond donors (Lipinski definition) is 1. The Hall–Kier alpha value is -1.09. The van der Waals surface area contributed by atoms with Crippen LogP contribution in [0.1, 0.15) is 17.5 Å². The fourth-order valence-electron chi connectivity index (χ4n) is 2.21. The minimum absolute atomic E-state index is 0.367. The van der Waals surface area contributed by atoms with E-state index in [2.05, 4.69) is 16.4 Å². The van der Waals surface area contributed by atoms with E-state index in [9.17, 15) is 0 Å². The van der Waals surface area contributed by atoms with E-state index in [1.54, 1.807) is 6.20 Å². The average Bonchev–Trinajstić information content (AvgIpc) is 2.49. The van der Waals surface area contributed by atoms with Crippen LogP contribution in [0.3, 0.4) is 0 Å². The van der Waals surface area contributed by atoms with Crippen LogP contribution in [0.15, 0.2) is 42.7 Å². The summed E-state index contributed by atoms with van der Waals surface area (Å²) in [6.45, 7) is 0. The second-order valence-corrected chi connectivity index (χ2v) is 5.59. The number of aromatic nitrogens is 1. The van der Waals surface area contributed by atoms with Gasteiger partial charge in [0, 0.05) is 18.4 Å². The molecule has 0 bridgehead atoms. The molecule has 0 radical (unpaired) electrons. The van der Waals surface area contributed by atoms with Crippen LogP contribution in [0.4, 0.5) is 0 Å². The number of nitrogens with one attached hydrogen (secondary N) is 1. The second-order valence-electron chi connectivity index (χ2n) is 4.80. The lowest BCUT2D eigenvalue weighted by molar-refractivity contribution is 0.520. The highest BCUT2D eigenvalue weighted by Gasteiger charge is 2.11. The first-order valence-corrected chi connectivity index (χ1v) is 7.45. The lowest BCUT2D eigenvalue weighted by atomic mass is 10.00. The van der Waals surface area contributed by atoms with Crippen molar-refractivity contribution in [1.29, 1.82) is 0 Å². The van der Waals surface area contributed by atoms with Gasteiger partial charge in [-0.05, 0) is 49.6 Å². The minimum atomic E-state index is 0.367. The third kappa shape index (κ3) is 4.20. The SMILES string of the molecule is CNC(CCc1cccnc1)Cc1cccc(Cl)c1Cl. The van der Waals surface area contributed by atoms with Crippen LogP contribution in [0.2, 0.25) is 10.0 Å². The molecule has 2 nitrogen and oxygen atoms in total. The largest absolute Gasteiger partial charge is 0.317 e. The second kappa shape index (κ2) is 7.63. The fraction of sp³-hybridized carbons (Fsp3) is 0.312. The first kappa shape index (κ1) is 15.3. The Morgan fingerprint density at radius 1 is 1.20 bits per heavy atom. The van der Waals surface area contributed by atoms with Crippen molar-refractivity contribution < 1.29 is 0 Å². The van der Waals surface area contributed by atoms with Crippen LogP contribution in [-0.2, 0) is 12.8 Å². The smallest absolute Gasteiger partial charge is 0.0624 e. The van der Waals surface area contributed by atoms with Crippen LogP contribution < -0.4 is 5.32 Å². The standard InChI is InChI=1S/C16H18Cl2N2/c1-19-14(8-7-12-4-3-9-20-11-12)10-13-5-2-6-15(17)16(13)18/h2-6,9,11,14,19H,7-8,10H2,1H3. The Balaban J connectivity index is 1.97. The highest BCUT2D eigenvalue weighted by Crippen LogP contribution is 2.26. The van der Waals surface area contributed by atoms with Crippen molar-refractivity contribution in [2.24, 2.45) is 0 Å². The monoisotopic (exact) mass is 308 g/mol. The quantitative estimate of drug-likeness (QED) is 0.867. The van der Waals surface area contributed by atoms with Crippen LogP contribution in [0, 0.1) is 0 Å². The normalized spacial score (nSPS) is 12.3. The van der Waals surface area contributed by atoms with Crippen molar-refractivity contribution in [1.82, 2.24) is 10.3 Å². The van der Waals surface area contributed by atoms with Crippen molar-refractivity contribution in [2.75, 3.05) is 7.05 Å². The molecule has 1 unspecified atom stereocenters. The number of pyridine rings is 1. The molecule has 20 heavy (non-hydrogen) atoms. The highest BCUT2D eigenvalue weighted by atomic mass is 35.5. The molecule has 1 aromatic carbocycles. The van der Waals surface area contributed by atoms with Gasteiger partial charge in [0.1, 0.15) is 0 Å². The van der Waals surface area contributed by atoms with E-state index in [0.29, 0.717) is 16.1 Å². The van der Waals surface area contributed by atoms with E-state index in [0.717, 1.165) is 24.8 Å². The molecule has 0 amide bonds. The summed E-state index contributed by atoms with van der Waals surface area (Å²) in [4.78, 5) is 4.14. The molecule has 0 aliphatic heterocycles. The van der Waals surface area contributed by atoms with Gasteiger partial charge in [-0.25, -0.2) is 0 Å². The minimum Gasteiger partial charge on any atom is -0.317 e. The predicted octanol–water partition coefficient (Wildman–Crippen LogP) is 4.15. The summed E-state index contributed by atoms with van der Waals surface area (Å²) in [5, 5.41) is 4.63. The highest BCUT2D eigenvalue weighted by molar-refractivity contribution is 6.42. The van der Waals surface area contributed by atoms with E-state index < -0.39 is 0 Å². The molecule has 0 saturated heterocycles. The first-order chi connectivity index (χ1) is 9.70. The molecule has 1 atom stereocenters. The summed E-state index contributed by atoms with van der Waals surface area (Å²) in [6.07, 6.45) is 6.61. The summed E-state index contributed by atoms with van der Waals surface area (Å²) < 4.78 is 0. The third-order valence-corrected chi connectivity index (χ3v) is 4.27. The van der Waals surface area contributed by atoms with E-state index in [4.69, 9.17) is 23.2 Å². The van der Waals surface area contributed by atoms with Gasteiger partial charge < -0.3 is 5.32 Å². The van der Waals surface area contributed by atoms with E-state index >= 15 is 0 Å². The van der Waals surface area contributed by atoms with Gasteiger partial charge in [-0.2, -0.15) is 0 Å². The molecule has 1 N–H and O–H groups in total. The molecule has 1 aromatic heterocycles. The molecule has 4 heteroatoms. The van der Waals surface area contributed by atoms with Crippen LogP contribution >= 0.6 is 23.2 Å². The van der Waals surface area contributed by atoms with Gasteiger partial charge in [0.25, 0.3) is 0 Å². The fourth-order valence-corrected chi connectivity index (χ4v) is 2.60. The van der Waals surface area contributed by atoms with Gasteiger partial charge in [-0.3, -0.25) is 4.98 Å². The van der Waals surface area contributed by atoms with Gasteiger partial charge >= 0.3 is 0 Å². The molecule has 2 aromatic rings. The van der Waals surface area contributed by atoms with Crippen LogP contribution in [-0.4, -0.2) is 18.1 Å². The number of hydrogen-bond acceptors (Lipinski definition) is 2. The zero-order valence-electron chi connectivity index (χ0n) is 11.4. The molecule has 106 valence electrons. The zero-order valence-corrected chi connectivity index (χ0v) is 13.0. The van der Waals surface area contributed by atoms with Crippen molar-refractivity contribution in [2.45, 2.75) is 25.3 Å². The maximum atomic E-state index is 6.24. The number of benzene rings is 1. The molecule has 0 spiro atoms. The van der Waals surface area contributed by atoms with Crippen LogP contribution in [0.5, 0.6) is 0 Å². The summed E-state index contributed by atoms with van der Waals surface area (Å²) >= 11 is 12.3. The van der Waals surface area contributed by atoms with Gasteiger partial charge in [0.15, 0.2) is 0 Å². The topological polar surface area (TPSA) is 24.9 Å². The Kier molecular flexibility index (Phi) is 5.84. The molecular formula is C16H18Cl2N2. The maximum Gasteiger partial charge on any atom is 0.0624 e. The van der Waals surface area contributed by atoms with Crippen molar-refractivity contribution in [3.8, 4) is 0 Å². The number of nitrogens with zero attached hydrogens (tertiary/aromatic N) is 1. The zero-order chi connectivity index (χ0) is 14.4. The Labute approximate surface area is 130 Å². The summed E-state index contributed by atoms with van der Waals surface area (Å²) in [6, 6.07) is 10.2. The van der Waals surface area contributed by atoms with Crippen molar-refractivity contribution in [3.63, 3.8) is 0 Å². The molecule has 0 fully saturated rings. The predicted molar refractivity (Wildman–Crippen MR) is 85.6 cm³/mol. The maximum absolute atomic E-state index is 6.24. The Morgan fingerprint density at radius 3 is 2.75 bits per heavy atom. The third-order valence-electron chi connectivity index (χ3n) is 3.41. The number of aryl methyl sites for hydroxylation is 1. The molecule has 0 aliphatic carbocycles. The Bertz CT molecular complexity index is 543. The van der Waals surface area contributed by atoms with Gasteiger partial charge in [-0.1, -0.05) is 41.4 Å². The molecule has 1 heterocycles. The molecule has 2 rings (SSSR count). The lowest BCUT2D eigenvalue weighted by Gasteiger charge is -2.17. The number of likely N-dealkylation sites (N-methyl/N-ethyl adjacent to an activating group) is 1. The van der Waals surface area contributed by atoms with Crippen molar-refractivity contribution >= 4 is 23.2 Å². The van der Waals surface area contributed by atoms with E-state index in [-0.39, 0.29) is 0 Å². The first-order valence-electron chi connectivity index (χ1n) is 6.69. The lowest BCUT2D eigenvalue weighted by Crippen LogP contribution is -2.28. The van der Waals surface area contributed by atoms with Gasteiger partial charge in [-0.15, -0.1) is 0 Å². The van der Waals surface area contributed by atoms with Crippen LogP contribution in [0.25, 0.3) is 0 Å². The number of halogens is 2. The summed E-state index contributed by atoms with van der Waals surface area (Å²) in [5.41, 5.74) is 2.34. The van der Waals surface area contributed by atoms with Crippen molar-refractivity contribution in [3.05, 3.63) is 63.9 Å².